The molecule has 0 radical (unpaired) electrons. The van der Waals surface area contributed by atoms with Gasteiger partial charge in [-0.05, 0) is 79.8 Å². The van der Waals surface area contributed by atoms with Gasteiger partial charge in [0.15, 0.2) is 11.2 Å². The van der Waals surface area contributed by atoms with E-state index >= 15 is 0 Å². The lowest BCUT2D eigenvalue weighted by Gasteiger charge is -2.16. The van der Waals surface area contributed by atoms with Crippen LogP contribution in [-0.2, 0) is 4.79 Å². The lowest BCUT2D eigenvalue weighted by molar-refractivity contribution is -0.122. The van der Waals surface area contributed by atoms with Crippen LogP contribution in [0.15, 0.2) is 103 Å². The summed E-state index contributed by atoms with van der Waals surface area (Å²) < 4.78 is 17.1. The highest BCUT2D eigenvalue weighted by atomic mass is 35.5. The maximum absolute atomic E-state index is 12.9. The van der Waals surface area contributed by atoms with Gasteiger partial charge >= 0.3 is 0 Å². The quantitative estimate of drug-likeness (QED) is 0.139. The predicted octanol–water partition coefficient (Wildman–Crippen LogP) is 6.33. The second-order valence-electron chi connectivity index (χ2n) is 8.67. The second-order valence-corrected chi connectivity index (χ2v) is 9.49. The van der Waals surface area contributed by atoms with Crippen LogP contribution in [-0.4, -0.2) is 36.2 Å². The van der Waals surface area contributed by atoms with Crippen LogP contribution >= 0.6 is 23.8 Å². The van der Waals surface area contributed by atoms with Crippen LogP contribution in [0.1, 0.15) is 17.3 Å². The molecule has 8 nitrogen and oxygen atoms in total. The average molecular weight is 590 g/mol. The van der Waals surface area contributed by atoms with Gasteiger partial charge in [-0.1, -0.05) is 54.1 Å². The fourth-order valence-corrected chi connectivity index (χ4v) is 4.00. The molecule has 1 unspecified atom stereocenters. The highest BCUT2D eigenvalue weighted by Crippen LogP contribution is 2.24. The lowest BCUT2D eigenvalue weighted by Crippen LogP contribution is -2.34. The number of nitrogens with one attached hydrogen (secondary N) is 3. The number of carbonyl (C=O) groups excluding carboxylic acids is 2. The highest BCUT2D eigenvalue weighted by molar-refractivity contribution is 7.80. The SMILES string of the molecule is CC(Oc1ccccc1Cl)C(=O)Nc1ccc(NC(=S)NC(=O)c2ccccc2OCCOc2ccccc2)cc1. The van der Waals surface area contributed by atoms with Crippen LogP contribution in [0.25, 0.3) is 0 Å². The highest BCUT2D eigenvalue weighted by Gasteiger charge is 2.17. The number of hydrogen-bond acceptors (Lipinski definition) is 6. The Hall–Kier alpha value is -4.60. The van der Waals surface area contributed by atoms with Crippen molar-refractivity contribution in [2.45, 2.75) is 13.0 Å². The molecule has 0 aromatic heterocycles. The van der Waals surface area contributed by atoms with E-state index in [-0.39, 0.29) is 17.6 Å². The summed E-state index contributed by atoms with van der Waals surface area (Å²) in [5.41, 5.74) is 1.52. The number of amides is 2. The molecule has 0 heterocycles. The Kier molecular flexibility index (Phi) is 10.5. The van der Waals surface area contributed by atoms with Gasteiger partial charge in [-0.25, -0.2) is 0 Å². The maximum Gasteiger partial charge on any atom is 0.265 e. The molecule has 0 saturated carbocycles. The van der Waals surface area contributed by atoms with E-state index < -0.39 is 12.0 Å². The molecule has 0 aliphatic rings. The van der Waals surface area contributed by atoms with Gasteiger partial charge in [-0.15, -0.1) is 0 Å². The molecule has 1 atom stereocenters. The van der Waals surface area contributed by atoms with Crippen LogP contribution in [0.4, 0.5) is 11.4 Å². The molecule has 0 bridgehead atoms. The molecule has 0 aliphatic heterocycles. The van der Waals surface area contributed by atoms with Gasteiger partial charge in [-0.2, -0.15) is 0 Å². The molecule has 4 rings (SSSR count). The smallest absolute Gasteiger partial charge is 0.265 e. The first-order chi connectivity index (χ1) is 19.9. The minimum atomic E-state index is -0.765. The monoisotopic (exact) mass is 589 g/mol. The van der Waals surface area contributed by atoms with Gasteiger partial charge in [0.2, 0.25) is 0 Å². The molecule has 210 valence electrons. The standard InChI is InChI=1S/C31H28ClN3O5S/c1-21(40-28-14-8-6-12-26(28)32)29(36)33-22-15-17-23(18-16-22)34-31(41)35-30(37)25-11-5-7-13-27(25)39-20-19-38-24-9-3-2-4-10-24/h2-18,21H,19-20H2,1H3,(H,33,36)(H2,34,35,37,41). The molecule has 0 aliphatic carbocycles. The van der Waals surface area contributed by atoms with E-state index in [2.05, 4.69) is 16.0 Å². The Morgan fingerprint density at radius 1 is 0.756 bits per heavy atom. The molecule has 2 amide bonds. The summed E-state index contributed by atoms with van der Waals surface area (Å²) in [6, 6.07) is 30.1. The zero-order valence-electron chi connectivity index (χ0n) is 22.1. The Balaban J connectivity index is 1.25. The molecule has 0 fully saturated rings. The van der Waals surface area contributed by atoms with E-state index in [0.717, 1.165) is 5.75 Å². The number of para-hydroxylation sites is 3. The molecule has 4 aromatic rings. The first kappa shape index (κ1) is 29.4. The predicted molar refractivity (Wildman–Crippen MR) is 164 cm³/mol. The van der Waals surface area contributed by atoms with Crippen LogP contribution in [0.5, 0.6) is 17.2 Å². The Morgan fingerprint density at radius 2 is 1.34 bits per heavy atom. The minimum absolute atomic E-state index is 0.107. The summed E-state index contributed by atoms with van der Waals surface area (Å²) >= 11 is 11.4. The molecule has 0 saturated heterocycles. The van der Waals surface area contributed by atoms with Crippen LogP contribution in [0.2, 0.25) is 5.02 Å². The first-order valence-electron chi connectivity index (χ1n) is 12.7. The summed E-state index contributed by atoms with van der Waals surface area (Å²) in [7, 11) is 0. The van der Waals surface area contributed by atoms with Gasteiger partial charge in [0, 0.05) is 11.4 Å². The number of ether oxygens (including phenoxy) is 3. The number of carbonyl (C=O) groups is 2. The van der Waals surface area contributed by atoms with Gasteiger partial charge in [-0.3, -0.25) is 14.9 Å². The van der Waals surface area contributed by atoms with Crippen LogP contribution in [0.3, 0.4) is 0 Å². The van der Waals surface area contributed by atoms with Crippen molar-refractivity contribution in [3.8, 4) is 17.2 Å². The van der Waals surface area contributed by atoms with Crippen molar-refractivity contribution in [1.29, 1.82) is 0 Å². The average Bonchev–Trinajstić information content (AvgIpc) is 2.98. The van der Waals surface area contributed by atoms with Crippen LogP contribution < -0.4 is 30.2 Å². The van der Waals surface area contributed by atoms with Crippen molar-refractivity contribution < 1.29 is 23.8 Å². The third kappa shape index (κ3) is 8.96. The summed E-state index contributed by atoms with van der Waals surface area (Å²) in [5, 5.41) is 8.95. The molecular formula is C31H28ClN3O5S. The largest absolute Gasteiger partial charge is 0.490 e. The van der Waals surface area contributed by atoms with Gasteiger partial charge in [0.25, 0.3) is 11.8 Å². The summed E-state index contributed by atoms with van der Waals surface area (Å²) in [5.74, 6) is 0.834. The number of rotatable bonds is 11. The molecule has 3 N–H and O–H groups in total. The van der Waals surface area contributed by atoms with E-state index in [1.54, 1.807) is 79.7 Å². The summed E-state index contributed by atoms with van der Waals surface area (Å²) in [6.07, 6.45) is -0.765. The van der Waals surface area contributed by atoms with Gasteiger partial charge in [0.1, 0.15) is 30.5 Å². The molecule has 0 spiro atoms. The third-order valence-electron chi connectivity index (χ3n) is 5.63. The summed E-state index contributed by atoms with van der Waals surface area (Å²) in [6.45, 7) is 2.22. The van der Waals surface area contributed by atoms with E-state index in [4.69, 9.17) is 38.0 Å². The molecular weight excluding hydrogens is 562 g/mol. The third-order valence-corrected chi connectivity index (χ3v) is 6.15. The first-order valence-corrected chi connectivity index (χ1v) is 13.5. The fourth-order valence-electron chi connectivity index (χ4n) is 3.61. The van der Waals surface area contributed by atoms with E-state index in [1.807, 2.05) is 30.3 Å². The minimum Gasteiger partial charge on any atom is -0.490 e. The van der Waals surface area contributed by atoms with Gasteiger partial charge < -0.3 is 24.8 Å². The maximum atomic E-state index is 12.9. The van der Waals surface area contributed by atoms with E-state index in [1.165, 1.54) is 0 Å². The number of halogens is 1. The van der Waals surface area contributed by atoms with Gasteiger partial charge in [0.05, 0.1) is 10.6 Å². The molecule has 4 aromatic carbocycles. The zero-order chi connectivity index (χ0) is 29.0. The number of benzene rings is 4. The number of thiocarbonyl (C=S) groups is 1. The summed E-state index contributed by atoms with van der Waals surface area (Å²) in [4.78, 5) is 25.4. The Labute approximate surface area is 248 Å². The lowest BCUT2D eigenvalue weighted by atomic mass is 10.2. The zero-order valence-corrected chi connectivity index (χ0v) is 23.7. The topological polar surface area (TPSA) is 97.9 Å². The van der Waals surface area contributed by atoms with E-state index in [9.17, 15) is 9.59 Å². The fraction of sp³-hybridized carbons (Fsp3) is 0.129. The Bertz CT molecular complexity index is 1480. The van der Waals surface area contributed by atoms with Crippen molar-refractivity contribution in [3.63, 3.8) is 0 Å². The molecule has 41 heavy (non-hydrogen) atoms. The van der Waals surface area contributed by atoms with Crippen molar-refractivity contribution in [3.05, 3.63) is 114 Å². The second kappa shape index (κ2) is 14.7. The van der Waals surface area contributed by atoms with Crippen LogP contribution in [0, 0.1) is 0 Å². The van der Waals surface area contributed by atoms with Crippen molar-refractivity contribution >= 4 is 52.1 Å². The van der Waals surface area contributed by atoms with E-state index in [0.29, 0.717) is 40.1 Å². The van der Waals surface area contributed by atoms with Crippen molar-refractivity contribution in [2.24, 2.45) is 0 Å². The normalized spacial score (nSPS) is 11.1. The number of anilines is 2. The number of hydrogen-bond donors (Lipinski definition) is 3. The van der Waals surface area contributed by atoms with Crippen molar-refractivity contribution in [1.82, 2.24) is 5.32 Å². The molecule has 10 heteroatoms. The van der Waals surface area contributed by atoms with Crippen molar-refractivity contribution in [2.75, 3.05) is 23.8 Å². The Morgan fingerprint density at radius 3 is 2.05 bits per heavy atom.